The molecule has 5 nitrogen and oxygen atoms in total. The van der Waals surface area contributed by atoms with Crippen LogP contribution in [0.15, 0.2) is 0 Å². The van der Waals surface area contributed by atoms with E-state index in [1.807, 2.05) is 20.8 Å². The highest BCUT2D eigenvalue weighted by Crippen LogP contribution is 2.12. The summed E-state index contributed by atoms with van der Waals surface area (Å²) >= 11 is 0. The van der Waals surface area contributed by atoms with E-state index in [4.69, 9.17) is 10.8 Å². The van der Waals surface area contributed by atoms with Crippen molar-refractivity contribution < 1.29 is 14.7 Å². The molecule has 5 heteroatoms. The van der Waals surface area contributed by atoms with Gasteiger partial charge in [0.25, 0.3) is 0 Å². The van der Waals surface area contributed by atoms with Crippen molar-refractivity contribution in [1.29, 1.82) is 0 Å². The Hall–Kier alpha value is -1.10. The van der Waals surface area contributed by atoms with Gasteiger partial charge in [0, 0.05) is 6.54 Å². The van der Waals surface area contributed by atoms with Crippen molar-refractivity contribution >= 4 is 11.9 Å². The van der Waals surface area contributed by atoms with Crippen LogP contribution in [0.3, 0.4) is 0 Å². The average molecular weight is 244 g/mol. The van der Waals surface area contributed by atoms with Gasteiger partial charge in [0.15, 0.2) is 0 Å². The lowest BCUT2D eigenvalue weighted by Crippen LogP contribution is -2.52. The lowest BCUT2D eigenvalue weighted by molar-refractivity contribution is -0.142. The summed E-state index contributed by atoms with van der Waals surface area (Å²) in [5, 5.41) is 11.6. The Morgan fingerprint density at radius 3 is 2.29 bits per heavy atom. The van der Waals surface area contributed by atoms with Gasteiger partial charge in [-0.05, 0) is 25.7 Å². The molecule has 0 radical (unpaired) electrons. The zero-order valence-corrected chi connectivity index (χ0v) is 11.1. The first kappa shape index (κ1) is 15.9. The van der Waals surface area contributed by atoms with Crippen LogP contribution in [0.5, 0.6) is 0 Å². The molecule has 0 aliphatic carbocycles. The first-order valence-electron chi connectivity index (χ1n) is 6.00. The predicted octanol–water partition coefficient (Wildman–Crippen LogP) is 0.977. The molecule has 2 atom stereocenters. The van der Waals surface area contributed by atoms with Gasteiger partial charge in [0.1, 0.15) is 0 Å². The van der Waals surface area contributed by atoms with E-state index >= 15 is 0 Å². The number of amides is 1. The van der Waals surface area contributed by atoms with Gasteiger partial charge in [-0.25, -0.2) is 0 Å². The molecular formula is C12H24N2O3. The topological polar surface area (TPSA) is 92.4 Å². The maximum Gasteiger partial charge on any atom is 0.308 e. The lowest BCUT2D eigenvalue weighted by Gasteiger charge is -2.23. The lowest BCUT2D eigenvalue weighted by atomic mass is 9.95. The molecule has 1 amide bonds. The van der Waals surface area contributed by atoms with E-state index in [1.54, 1.807) is 6.92 Å². The third-order valence-corrected chi connectivity index (χ3v) is 2.87. The fraction of sp³-hybridized carbons (Fsp3) is 0.833. The number of carbonyl (C=O) groups is 2. The fourth-order valence-electron chi connectivity index (χ4n) is 1.42. The number of aliphatic carboxylic acids is 1. The standard InChI is InChI=1S/C12H24N2O3/c1-5-12(4,13)11(17)14-7-9(10(15)16)6-8(2)3/h8-9H,5-7,13H2,1-4H3,(H,14,17)(H,15,16). The molecule has 0 aromatic heterocycles. The van der Waals surface area contributed by atoms with Gasteiger partial charge in [-0.15, -0.1) is 0 Å². The van der Waals surface area contributed by atoms with Crippen LogP contribution < -0.4 is 11.1 Å². The number of nitrogens with two attached hydrogens (primary N) is 1. The van der Waals surface area contributed by atoms with E-state index in [9.17, 15) is 9.59 Å². The Balaban J connectivity index is 4.32. The largest absolute Gasteiger partial charge is 0.481 e. The number of nitrogens with one attached hydrogen (secondary N) is 1. The molecule has 0 bridgehead atoms. The quantitative estimate of drug-likeness (QED) is 0.622. The van der Waals surface area contributed by atoms with Gasteiger partial charge >= 0.3 is 5.97 Å². The molecule has 0 saturated heterocycles. The van der Waals surface area contributed by atoms with Gasteiger partial charge in [-0.3, -0.25) is 9.59 Å². The molecule has 0 aliphatic rings. The summed E-state index contributed by atoms with van der Waals surface area (Å²) < 4.78 is 0. The summed E-state index contributed by atoms with van der Waals surface area (Å²) in [6.07, 6.45) is 1.06. The minimum atomic E-state index is -0.930. The van der Waals surface area contributed by atoms with Gasteiger partial charge in [0.2, 0.25) is 5.91 Å². The van der Waals surface area contributed by atoms with Crippen LogP contribution >= 0.6 is 0 Å². The van der Waals surface area contributed by atoms with Crippen molar-refractivity contribution in [1.82, 2.24) is 5.32 Å². The second-order valence-corrected chi connectivity index (χ2v) is 5.15. The summed E-state index contributed by atoms with van der Waals surface area (Å²) in [4.78, 5) is 22.7. The van der Waals surface area contributed by atoms with Gasteiger partial charge in [0.05, 0.1) is 11.5 Å². The van der Waals surface area contributed by atoms with E-state index in [1.165, 1.54) is 0 Å². The first-order chi connectivity index (χ1) is 7.70. The number of carbonyl (C=O) groups excluding carboxylic acids is 1. The molecule has 0 heterocycles. The highest BCUT2D eigenvalue weighted by Gasteiger charge is 2.27. The zero-order chi connectivity index (χ0) is 13.6. The normalized spacial score (nSPS) is 16.4. The summed E-state index contributed by atoms with van der Waals surface area (Å²) in [6, 6.07) is 0. The second-order valence-electron chi connectivity index (χ2n) is 5.15. The van der Waals surface area contributed by atoms with Crippen LogP contribution in [0, 0.1) is 11.8 Å². The summed E-state index contributed by atoms with van der Waals surface area (Å²) in [5.41, 5.74) is 4.83. The van der Waals surface area contributed by atoms with Crippen molar-refractivity contribution in [2.75, 3.05) is 6.54 Å². The van der Waals surface area contributed by atoms with E-state index in [0.717, 1.165) is 0 Å². The highest BCUT2D eigenvalue weighted by molar-refractivity contribution is 5.85. The zero-order valence-electron chi connectivity index (χ0n) is 11.1. The number of rotatable bonds is 7. The van der Waals surface area contributed by atoms with Crippen LogP contribution in [0.2, 0.25) is 0 Å². The van der Waals surface area contributed by atoms with Crippen molar-refractivity contribution in [2.45, 2.75) is 46.1 Å². The Morgan fingerprint density at radius 2 is 1.94 bits per heavy atom. The summed E-state index contributed by atoms with van der Waals surface area (Å²) in [5.74, 6) is -1.45. The van der Waals surface area contributed by atoms with E-state index < -0.39 is 17.4 Å². The average Bonchev–Trinajstić information content (AvgIpc) is 2.22. The van der Waals surface area contributed by atoms with Gasteiger partial charge in [-0.1, -0.05) is 20.8 Å². The molecule has 0 aromatic carbocycles. The third-order valence-electron chi connectivity index (χ3n) is 2.87. The molecule has 0 fully saturated rings. The highest BCUT2D eigenvalue weighted by atomic mass is 16.4. The predicted molar refractivity (Wildman–Crippen MR) is 66.5 cm³/mol. The van der Waals surface area contributed by atoms with Gasteiger partial charge in [-0.2, -0.15) is 0 Å². The minimum absolute atomic E-state index is 0.138. The second kappa shape index (κ2) is 6.59. The molecule has 2 unspecified atom stereocenters. The molecular weight excluding hydrogens is 220 g/mol. The van der Waals surface area contributed by atoms with Crippen LogP contribution in [0.4, 0.5) is 0 Å². The Kier molecular flexibility index (Phi) is 6.16. The van der Waals surface area contributed by atoms with Crippen LogP contribution in [0.25, 0.3) is 0 Å². The molecule has 0 aromatic rings. The Bertz CT molecular complexity index is 275. The summed E-state index contributed by atoms with van der Waals surface area (Å²) in [6.45, 7) is 7.51. The Morgan fingerprint density at radius 1 is 1.41 bits per heavy atom. The molecule has 100 valence electrons. The number of hydrogen-bond acceptors (Lipinski definition) is 3. The monoisotopic (exact) mass is 244 g/mol. The van der Waals surface area contributed by atoms with Gasteiger partial charge < -0.3 is 16.2 Å². The fourth-order valence-corrected chi connectivity index (χ4v) is 1.42. The van der Waals surface area contributed by atoms with E-state index in [0.29, 0.717) is 12.8 Å². The SMILES string of the molecule is CCC(C)(N)C(=O)NCC(CC(C)C)C(=O)O. The molecule has 0 spiro atoms. The molecule has 0 rings (SSSR count). The van der Waals surface area contributed by atoms with Crippen molar-refractivity contribution in [3.63, 3.8) is 0 Å². The van der Waals surface area contributed by atoms with Crippen molar-refractivity contribution in [2.24, 2.45) is 17.6 Å². The number of carboxylic acids is 1. The molecule has 0 aliphatic heterocycles. The van der Waals surface area contributed by atoms with E-state index in [-0.39, 0.29) is 18.4 Å². The van der Waals surface area contributed by atoms with Crippen molar-refractivity contribution in [3.05, 3.63) is 0 Å². The number of carboxylic acid groups (broad SMARTS) is 1. The van der Waals surface area contributed by atoms with Crippen molar-refractivity contribution in [3.8, 4) is 0 Å². The van der Waals surface area contributed by atoms with Crippen LogP contribution in [-0.2, 0) is 9.59 Å². The first-order valence-corrected chi connectivity index (χ1v) is 6.00. The molecule has 0 saturated carbocycles. The minimum Gasteiger partial charge on any atom is -0.481 e. The van der Waals surface area contributed by atoms with Crippen LogP contribution in [0.1, 0.15) is 40.5 Å². The Labute approximate surface area is 103 Å². The molecule has 17 heavy (non-hydrogen) atoms. The molecule has 4 N–H and O–H groups in total. The van der Waals surface area contributed by atoms with E-state index in [2.05, 4.69) is 5.32 Å². The summed E-state index contributed by atoms with van der Waals surface area (Å²) in [7, 11) is 0. The maximum atomic E-state index is 11.7. The third kappa shape index (κ3) is 5.68. The maximum absolute atomic E-state index is 11.7. The van der Waals surface area contributed by atoms with Crippen LogP contribution in [-0.4, -0.2) is 29.1 Å². The smallest absolute Gasteiger partial charge is 0.308 e. The number of hydrogen-bond donors (Lipinski definition) is 3.